The average molecular weight is 465 g/mol. The van der Waals surface area contributed by atoms with E-state index in [0.29, 0.717) is 37.2 Å². The molecule has 11 heteroatoms. The number of rotatable bonds is 7. The molecule has 0 spiro atoms. The van der Waals surface area contributed by atoms with E-state index in [9.17, 15) is 22.4 Å². The third-order valence-corrected chi connectivity index (χ3v) is 5.72. The summed E-state index contributed by atoms with van der Waals surface area (Å²) in [6, 6.07) is 11.4. The molecule has 9 nitrogen and oxygen atoms in total. The standard InChI is InChI=1S/C21H25FN4O5S/c1-32(30,31)25-17-6-2-15(3-7-17)20(27)23-19(21(28)24-29)14-4-8-18(9-5-14)26-12-10-16(22)11-13-26/h2-9,16,19,25,29H,10-13H2,1H3,(H,23,27)(H,24,28). The topological polar surface area (TPSA) is 128 Å². The normalized spacial score (nSPS) is 15.7. The Morgan fingerprint density at radius 3 is 2.19 bits per heavy atom. The summed E-state index contributed by atoms with van der Waals surface area (Å²) in [7, 11) is -3.45. The summed E-state index contributed by atoms with van der Waals surface area (Å²) < 4.78 is 38.2. The van der Waals surface area contributed by atoms with Gasteiger partial charge in [0.25, 0.3) is 11.8 Å². The number of piperidine rings is 1. The lowest BCUT2D eigenvalue weighted by Gasteiger charge is -2.30. The molecule has 1 atom stereocenters. The summed E-state index contributed by atoms with van der Waals surface area (Å²) in [5, 5.41) is 11.7. The molecule has 0 radical (unpaired) electrons. The van der Waals surface area contributed by atoms with Gasteiger partial charge in [-0.05, 0) is 54.8 Å². The Labute approximate surface area is 185 Å². The van der Waals surface area contributed by atoms with Crippen molar-refractivity contribution in [1.29, 1.82) is 0 Å². The maximum atomic E-state index is 13.4. The van der Waals surface area contributed by atoms with Crippen LogP contribution in [-0.4, -0.2) is 51.0 Å². The van der Waals surface area contributed by atoms with Gasteiger partial charge in [0.2, 0.25) is 10.0 Å². The Balaban J connectivity index is 1.72. The number of hydrogen-bond acceptors (Lipinski definition) is 6. The van der Waals surface area contributed by atoms with Crippen molar-refractivity contribution in [3.63, 3.8) is 0 Å². The van der Waals surface area contributed by atoms with Crippen LogP contribution >= 0.6 is 0 Å². The molecule has 1 aliphatic heterocycles. The number of hydrogen-bond donors (Lipinski definition) is 4. The molecule has 1 fully saturated rings. The van der Waals surface area contributed by atoms with Crippen LogP contribution in [0.4, 0.5) is 15.8 Å². The number of carbonyl (C=O) groups is 2. The molecule has 2 aromatic rings. The highest BCUT2D eigenvalue weighted by Crippen LogP contribution is 2.24. The highest BCUT2D eigenvalue weighted by molar-refractivity contribution is 7.92. The van der Waals surface area contributed by atoms with E-state index in [1.165, 1.54) is 24.3 Å². The van der Waals surface area contributed by atoms with Crippen LogP contribution in [0.2, 0.25) is 0 Å². The fourth-order valence-electron chi connectivity index (χ4n) is 3.47. The van der Waals surface area contributed by atoms with E-state index in [4.69, 9.17) is 5.21 Å². The molecular formula is C21H25FN4O5S. The number of carbonyl (C=O) groups excluding carboxylic acids is 2. The SMILES string of the molecule is CS(=O)(=O)Nc1ccc(C(=O)NC(C(=O)NO)c2ccc(N3CCC(F)CC3)cc2)cc1. The first kappa shape index (κ1) is 23.5. The molecule has 4 N–H and O–H groups in total. The van der Waals surface area contributed by atoms with Gasteiger partial charge in [0, 0.05) is 30.0 Å². The molecule has 1 unspecified atom stereocenters. The second kappa shape index (κ2) is 9.96. The predicted molar refractivity (Wildman–Crippen MR) is 118 cm³/mol. The minimum absolute atomic E-state index is 0.200. The molecule has 0 aromatic heterocycles. The Bertz CT molecular complexity index is 1050. The number of nitrogens with zero attached hydrogens (tertiary/aromatic N) is 1. The number of anilines is 2. The molecule has 172 valence electrons. The number of benzene rings is 2. The monoisotopic (exact) mass is 464 g/mol. The van der Waals surface area contributed by atoms with Gasteiger partial charge in [0.05, 0.1) is 6.26 Å². The largest absolute Gasteiger partial charge is 0.371 e. The number of amides is 2. The average Bonchev–Trinajstić information content (AvgIpc) is 2.77. The zero-order chi connectivity index (χ0) is 23.3. The molecule has 32 heavy (non-hydrogen) atoms. The molecule has 1 heterocycles. The smallest absolute Gasteiger partial charge is 0.270 e. The third-order valence-electron chi connectivity index (χ3n) is 5.11. The van der Waals surface area contributed by atoms with E-state index in [2.05, 4.69) is 10.0 Å². The first-order chi connectivity index (χ1) is 15.2. The van der Waals surface area contributed by atoms with Gasteiger partial charge in [0.1, 0.15) is 12.2 Å². The Hall–Kier alpha value is -3.18. The summed E-state index contributed by atoms with van der Waals surface area (Å²) in [5.74, 6) is -1.40. The predicted octanol–water partition coefficient (Wildman–Crippen LogP) is 1.97. The van der Waals surface area contributed by atoms with Crippen LogP contribution in [0.3, 0.4) is 0 Å². The molecule has 0 saturated carbocycles. The fourth-order valence-corrected chi connectivity index (χ4v) is 4.03. The van der Waals surface area contributed by atoms with E-state index in [1.54, 1.807) is 29.7 Å². The van der Waals surface area contributed by atoms with Gasteiger partial charge in [-0.2, -0.15) is 0 Å². The zero-order valence-corrected chi connectivity index (χ0v) is 18.2. The van der Waals surface area contributed by atoms with E-state index in [-0.39, 0.29) is 5.56 Å². The summed E-state index contributed by atoms with van der Waals surface area (Å²) in [6.45, 7) is 1.20. The van der Waals surface area contributed by atoms with Gasteiger partial charge >= 0.3 is 0 Å². The summed E-state index contributed by atoms with van der Waals surface area (Å²) in [6.07, 6.45) is 1.16. The van der Waals surface area contributed by atoms with Crippen molar-refractivity contribution in [3.05, 3.63) is 59.7 Å². The minimum Gasteiger partial charge on any atom is -0.371 e. The first-order valence-electron chi connectivity index (χ1n) is 9.98. The summed E-state index contributed by atoms with van der Waals surface area (Å²) >= 11 is 0. The Morgan fingerprint density at radius 1 is 1.06 bits per heavy atom. The van der Waals surface area contributed by atoms with Crippen molar-refractivity contribution in [2.24, 2.45) is 0 Å². The molecule has 0 bridgehead atoms. The van der Waals surface area contributed by atoms with Crippen LogP contribution in [0.15, 0.2) is 48.5 Å². The molecule has 2 amide bonds. The molecule has 1 saturated heterocycles. The van der Waals surface area contributed by atoms with Crippen LogP contribution in [0.1, 0.15) is 34.8 Å². The van der Waals surface area contributed by atoms with Gasteiger partial charge in [-0.1, -0.05) is 12.1 Å². The second-order valence-corrected chi connectivity index (χ2v) is 9.34. The molecule has 2 aromatic carbocycles. The lowest BCUT2D eigenvalue weighted by Crippen LogP contribution is -2.39. The summed E-state index contributed by atoms with van der Waals surface area (Å²) in [5.41, 5.74) is 3.38. The van der Waals surface area contributed by atoms with Gasteiger partial charge in [0.15, 0.2) is 0 Å². The first-order valence-corrected chi connectivity index (χ1v) is 11.9. The van der Waals surface area contributed by atoms with Crippen molar-refractivity contribution in [2.45, 2.75) is 25.1 Å². The quantitative estimate of drug-likeness (QED) is 0.366. The Kier molecular flexibility index (Phi) is 7.31. The van der Waals surface area contributed by atoms with Gasteiger partial charge < -0.3 is 10.2 Å². The van der Waals surface area contributed by atoms with Gasteiger partial charge in [-0.15, -0.1) is 0 Å². The van der Waals surface area contributed by atoms with Crippen LogP contribution < -0.4 is 20.4 Å². The van der Waals surface area contributed by atoms with Crippen LogP contribution in [0.25, 0.3) is 0 Å². The van der Waals surface area contributed by atoms with Crippen LogP contribution in [-0.2, 0) is 14.8 Å². The number of nitrogens with one attached hydrogen (secondary N) is 3. The molecule has 1 aliphatic rings. The number of hydroxylamine groups is 1. The van der Waals surface area contributed by atoms with Crippen LogP contribution in [0.5, 0.6) is 0 Å². The third kappa shape index (κ3) is 6.17. The van der Waals surface area contributed by atoms with Crippen LogP contribution in [0, 0.1) is 0 Å². The lowest BCUT2D eigenvalue weighted by atomic mass is 10.0. The van der Waals surface area contributed by atoms with Crippen molar-refractivity contribution in [1.82, 2.24) is 10.8 Å². The number of halogens is 1. The molecule has 3 rings (SSSR count). The highest BCUT2D eigenvalue weighted by Gasteiger charge is 2.24. The maximum Gasteiger partial charge on any atom is 0.270 e. The van der Waals surface area contributed by atoms with Crippen molar-refractivity contribution in [3.8, 4) is 0 Å². The van der Waals surface area contributed by atoms with Crippen molar-refractivity contribution < 1.29 is 27.6 Å². The fraction of sp³-hybridized carbons (Fsp3) is 0.333. The number of alkyl halides is 1. The lowest BCUT2D eigenvalue weighted by molar-refractivity contribution is -0.131. The highest BCUT2D eigenvalue weighted by atomic mass is 32.2. The van der Waals surface area contributed by atoms with Crippen molar-refractivity contribution in [2.75, 3.05) is 29.0 Å². The second-order valence-electron chi connectivity index (χ2n) is 7.59. The summed E-state index contributed by atoms with van der Waals surface area (Å²) in [4.78, 5) is 26.9. The Morgan fingerprint density at radius 2 is 1.66 bits per heavy atom. The van der Waals surface area contributed by atoms with Gasteiger partial charge in [-0.25, -0.2) is 18.3 Å². The molecular weight excluding hydrogens is 439 g/mol. The molecule has 0 aliphatic carbocycles. The maximum absolute atomic E-state index is 13.4. The van der Waals surface area contributed by atoms with E-state index in [0.717, 1.165) is 11.9 Å². The minimum atomic E-state index is -3.45. The van der Waals surface area contributed by atoms with E-state index >= 15 is 0 Å². The van der Waals surface area contributed by atoms with E-state index < -0.39 is 34.1 Å². The zero-order valence-electron chi connectivity index (χ0n) is 17.4. The van der Waals surface area contributed by atoms with Crippen molar-refractivity contribution >= 4 is 33.2 Å². The van der Waals surface area contributed by atoms with Gasteiger partial charge in [-0.3, -0.25) is 19.5 Å². The number of sulfonamides is 1. The van der Waals surface area contributed by atoms with E-state index in [1.807, 2.05) is 4.90 Å².